The third-order valence-corrected chi connectivity index (χ3v) is 3.38. The van der Waals surface area contributed by atoms with Crippen LogP contribution in [0.3, 0.4) is 0 Å². The number of hydrogen-bond acceptors (Lipinski definition) is 3. The van der Waals surface area contributed by atoms with Gasteiger partial charge in [0.25, 0.3) is 0 Å². The molecule has 0 saturated heterocycles. The molecule has 0 radical (unpaired) electrons. The van der Waals surface area contributed by atoms with Crippen molar-refractivity contribution in [3.8, 4) is 0 Å². The second-order valence-corrected chi connectivity index (χ2v) is 4.36. The lowest BCUT2D eigenvalue weighted by atomic mass is 10.2. The highest BCUT2D eigenvalue weighted by atomic mass is 32.2. The van der Waals surface area contributed by atoms with Gasteiger partial charge in [0, 0.05) is 11.9 Å². The van der Waals surface area contributed by atoms with Crippen LogP contribution in [0.2, 0.25) is 0 Å². The number of carboxylic acid groups (broad SMARTS) is 1. The van der Waals surface area contributed by atoms with E-state index in [9.17, 15) is 8.68 Å². The van der Waals surface area contributed by atoms with Crippen molar-refractivity contribution >= 4 is 29.3 Å². The highest BCUT2D eigenvalue weighted by Gasteiger charge is 2.14. The molecule has 1 N–H and O–H groups in total. The van der Waals surface area contributed by atoms with E-state index in [2.05, 4.69) is 4.98 Å². The molecule has 2 heterocycles. The van der Waals surface area contributed by atoms with Crippen LogP contribution in [0.15, 0.2) is 12.3 Å². The number of carbonyl (C=O) groups is 1. The smallest absolute Gasteiger partial charge is 0.307 e. The first-order valence-corrected chi connectivity index (χ1v) is 5.69. The molecule has 0 aliphatic rings. The third kappa shape index (κ3) is 2.00. The maximum absolute atomic E-state index is 12.9. The van der Waals surface area contributed by atoms with Crippen molar-refractivity contribution in [2.75, 3.05) is 0 Å². The minimum atomic E-state index is -0.925. The summed E-state index contributed by atoms with van der Waals surface area (Å²) in [7, 11) is 0. The van der Waals surface area contributed by atoms with Gasteiger partial charge in [0.1, 0.15) is 0 Å². The normalized spacial score (nSPS) is 11.0. The Bertz CT molecular complexity index is 595. The lowest BCUT2D eigenvalue weighted by Crippen LogP contribution is -2.00. The van der Waals surface area contributed by atoms with Crippen molar-refractivity contribution in [1.29, 1.82) is 0 Å². The molecule has 2 aromatic rings. The fourth-order valence-corrected chi connectivity index (χ4v) is 2.26. The molecule has 0 fully saturated rings. The topological polar surface area (TPSA) is 55.1 Å². The maximum atomic E-state index is 12.9. The molecular formula is C11H11FN2O2S. The van der Waals surface area contributed by atoms with Crippen LogP contribution in [-0.2, 0) is 11.2 Å². The molecule has 0 unspecified atom stereocenters. The average Bonchev–Trinajstić information content (AvgIpc) is 2.50. The van der Waals surface area contributed by atoms with Gasteiger partial charge in [-0.1, -0.05) is 0 Å². The number of carboxylic acids is 1. The number of rotatable bonds is 3. The summed E-state index contributed by atoms with van der Waals surface area (Å²) in [6, 6.07) is 1.67. The maximum Gasteiger partial charge on any atom is 0.307 e. The fraction of sp³-hybridized carbons (Fsp3) is 0.273. The molecule has 4 nitrogen and oxygen atoms in total. The summed E-state index contributed by atoms with van der Waals surface area (Å²) in [5.41, 5.74) is 3.59. The first-order chi connectivity index (χ1) is 8.04. The predicted octanol–water partition coefficient (Wildman–Crippen LogP) is 2.66. The number of aryl methyl sites for hydroxylation is 1. The largest absolute Gasteiger partial charge is 0.481 e. The summed E-state index contributed by atoms with van der Waals surface area (Å²) in [6.45, 7) is 3.68. The highest BCUT2D eigenvalue weighted by molar-refractivity contribution is 7.93. The van der Waals surface area contributed by atoms with E-state index < -0.39 is 5.97 Å². The Balaban J connectivity index is 2.63. The van der Waals surface area contributed by atoms with Gasteiger partial charge >= 0.3 is 5.97 Å². The number of nitrogens with zero attached hydrogens (tertiary/aromatic N) is 2. The van der Waals surface area contributed by atoms with Crippen LogP contribution >= 0.6 is 12.3 Å². The number of fused-ring (bicyclic) bond motifs is 1. The lowest BCUT2D eigenvalue weighted by molar-refractivity contribution is -0.136. The van der Waals surface area contributed by atoms with Crippen molar-refractivity contribution in [3.63, 3.8) is 0 Å². The van der Waals surface area contributed by atoms with Crippen LogP contribution in [0, 0.1) is 13.8 Å². The van der Waals surface area contributed by atoms with Gasteiger partial charge < -0.3 is 5.11 Å². The van der Waals surface area contributed by atoms with Crippen LogP contribution in [0.1, 0.15) is 16.8 Å². The van der Waals surface area contributed by atoms with Crippen molar-refractivity contribution < 1.29 is 13.8 Å². The van der Waals surface area contributed by atoms with E-state index in [1.165, 1.54) is 10.2 Å². The molecule has 0 saturated carbocycles. The summed E-state index contributed by atoms with van der Waals surface area (Å²) < 4.78 is 14.3. The van der Waals surface area contributed by atoms with Gasteiger partial charge in [-0.05, 0) is 31.0 Å². The number of aliphatic carboxylic acids is 1. The average molecular weight is 254 g/mol. The molecule has 2 aromatic heterocycles. The van der Waals surface area contributed by atoms with E-state index in [0.717, 1.165) is 11.3 Å². The van der Waals surface area contributed by atoms with Gasteiger partial charge in [0.05, 0.1) is 17.5 Å². The molecule has 0 aliphatic carbocycles. The van der Waals surface area contributed by atoms with Gasteiger partial charge in [-0.25, -0.2) is 0 Å². The lowest BCUT2D eigenvalue weighted by Gasteiger charge is -2.00. The monoisotopic (exact) mass is 254 g/mol. The quantitative estimate of drug-likeness (QED) is 0.914. The Morgan fingerprint density at radius 2 is 2.29 bits per heavy atom. The van der Waals surface area contributed by atoms with Gasteiger partial charge in [0.15, 0.2) is 12.3 Å². The second kappa shape index (κ2) is 4.37. The first kappa shape index (κ1) is 11.9. The number of aromatic nitrogens is 2. The number of hydrogen-bond donors (Lipinski definition) is 1. The van der Waals surface area contributed by atoms with E-state index in [1.54, 1.807) is 13.0 Å². The molecule has 0 amide bonds. The summed E-state index contributed by atoms with van der Waals surface area (Å²) in [6.07, 6.45) is 1.42. The van der Waals surface area contributed by atoms with Gasteiger partial charge in [-0.3, -0.25) is 13.8 Å². The molecular weight excluding hydrogens is 243 g/mol. The van der Waals surface area contributed by atoms with Crippen LogP contribution in [0.4, 0.5) is 3.89 Å². The standard InChI is InChI=1S/C11H11FN2O2S/c1-6-7(2)14(17-12)9-3-8(4-10(15)16)5-13-11(6)9/h3,5H,4H2,1-2H3,(H,15,16). The first-order valence-electron chi connectivity index (χ1n) is 5.02. The Hall–Kier alpha value is -1.56. The molecule has 2 rings (SSSR count). The summed E-state index contributed by atoms with van der Waals surface area (Å²) >= 11 is 0.103. The summed E-state index contributed by atoms with van der Waals surface area (Å²) in [4.78, 5) is 14.8. The third-order valence-electron chi connectivity index (χ3n) is 2.77. The highest BCUT2D eigenvalue weighted by Crippen LogP contribution is 2.28. The Morgan fingerprint density at radius 1 is 1.59 bits per heavy atom. The number of halogens is 1. The van der Waals surface area contributed by atoms with Crippen molar-refractivity contribution in [3.05, 3.63) is 29.1 Å². The Kier molecular flexibility index (Phi) is 3.06. The van der Waals surface area contributed by atoms with Crippen LogP contribution < -0.4 is 0 Å². The van der Waals surface area contributed by atoms with Crippen molar-refractivity contribution in [1.82, 2.24) is 8.96 Å². The molecule has 0 spiro atoms. The molecule has 0 aromatic carbocycles. The van der Waals surface area contributed by atoms with E-state index in [4.69, 9.17) is 5.11 Å². The Labute approximate surface area is 102 Å². The molecule has 0 atom stereocenters. The van der Waals surface area contributed by atoms with E-state index >= 15 is 0 Å². The molecule has 90 valence electrons. The van der Waals surface area contributed by atoms with Gasteiger partial charge in [0.2, 0.25) is 0 Å². The van der Waals surface area contributed by atoms with Gasteiger partial charge in [-0.15, -0.1) is 3.89 Å². The summed E-state index contributed by atoms with van der Waals surface area (Å²) in [5, 5.41) is 8.71. The minimum Gasteiger partial charge on any atom is -0.481 e. The van der Waals surface area contributed by atoms with E-state index in [1.807, 2.05) is 6.92 Å². The number of pyridine rings is 1. The van der Waals surface area contributed by atoms with Gasteiger partial charge in [-0.2, -0.15) is 0 Å². The molecule has 0 bridgehead atoms. The van der Waals surface area contributed by atoms with Crippen LogP contribution in [-0.4, -0.2) is 20.0 Å². The summed E-state index contributed by atoms with van der Waals surface area (Å²) in [5.74, 6) is -0.925. The zero-order valence-electron chi connectivity index (χ0n) is 9.40. The molecule has 17 heavy (non-hydrogen) atoms. The predicted molar refractivity (Wildman–Crippen MR) is 64.6 cm³/mol. The van der Waals surface area contributed by atoms with E-state index in [-0.39, 0.29) is 18.8 Å². The zero-order chi connectivity index (χ0) is 12.6. The molecule has 0 aliphatic heterocycles. The van der Waals surface area contributed by atoms with E-state index in [0.29, 0.717) is 16.6 Å². The Morgan fingerprint density at radius 3 is 2.88 bits per heavy atom. The van der Waals surface area contributed by atoms with Crippen molar-refractivity contribution in [2.45, 2.75) is 20.3 Å². The zero-order valence-corrected chi connectivity index (χ0v) is 10.2. The van der Waals surface area contributed by atoms with Crippen LogP contribution in [0.5, 0.6) is 0 Å². The second-order valence-electron chi connectivity index (χ2n) is 3.86. The SMILES string of the molecule is Cc1c(C)n(SF)c2cc(CC(=O)O)cnc12. The fourth-order valence-electron chi connectivity index (χ4n) is 1.80. The minimum absolute atomic E-state index is 0.103. The van der Waals surface area contributed by atoms with Crippen LogP contribution in [0.25, 0.3) is 11.0 Å². The van der Waals surface area contributed by atoms with Crippen molar-refractivity contribution in [2.24, 2.45) is 0 Å². The molecule has 6 heteroatoms.